The van der Waals surface area contributed by atoms with Crippen LogP contribution in [-0.2, 0) is 0 Å². The van der Waals surface area contributed by atoms with E-state index >= 15 is 0 Å². The summed E-state index contributed by atoms with van der Waals surface area (Å²) in [5, 5.41) is 4.02. The van der Waals surface area contributed by atoms with E-state index in [0.29, 0.717) is 11.4 Å². The molecular weight excluding hydrogens is 261 g/mol. The fourth-order valence-electron chi connectivity index (χ4n) is 2.00. The fourth-order valence-corrected chi connectivity index (χ4v) is 2.87. The van der Waals surface area contributed by atoms with E-state index in [0.717, 1.165) is 20.9 Å². The first kappa shape index (κ1) is 12.0. The minimum atomic E-state index is -0.308. The lowest BCUT2D eigenvalue weighted by atomic mass is 10.2. The van der Waals surface area contributed by atoms with Gasteiger partial charge in [-0.05, 0) is 25.1 Å². The van der Waals surface area contributed by atoms with Crippen molar-refractivity contribution in [3.05, 3.63) is 41.0 Å². The summed E-state index contributed by atoms with van der Waals surface area (Å²) in [5.74, 6) is 0.835. The second-order valence-electron chi connectivity index (χ2n) is 4.20. The Bertz CT molecular complexity index is 752. The van der Waals surface area contributed by atoms with Crippen molar-refractivity contribution in [2.45, 2.75) is 6.92 Å². The van der Waals surface area contributed by atoms with Gasteiger partial charge in [0, 0.05) is 11.9 Å². The van der Waals surface area contributed by atoms with Crippen LogP contribution in [0.25, 0.3) is 21.6 Å². The van der Waals surface area contributed by atoms with Crippen LogP contribution in [-0.4, -0.2) is 17.0 Å². The van der Waals surface area contributed by atoms with E-state index in [1.54, 1.807) is 36.6 Å². The molecule has 3 nitrogen and oxygen atoms in total. The molecule has 1 N–H and O–H groups in total. The summed E-state index contributed by atoms with van der Waals surface area (Å²) in [6, 6.07) is 8.59. The Morgan fingerprint density at radius 3 is 2.74 bits per heavy atom. The summed E-state index contributed by atoms with van der Waals surface area (Å²) in [4.78, 5) is 10.9. The van der Waals surface area contributed by atoms with Crippen molar-refractivity contribution in [2.75, 3.05) is 12.4 Å². The molecule has 5 heteroatoms. The Kier molecular flexibility index (Phi) is 2.91. The predicted molar refractivity (Wildman–Crippen MR) is 77.1 cm³/mol. The van der Waals surface area contributed by atoms with Crippen LogP contribution in [0.4, 0.5) is 10.2 Å². The molecule has 3 aromatic rings. The van der Waals surface area contributed by atoms with Gasteiger partial charge in [-0.3, -0.25) is 0 Å². The standard InChI is InChI=1S/C14H12FN3S/c1-8-7-10-12(16-2)17-13(18-14(10)19-8)9-5-3-4-6-11(9)15/h3-7H,1-2H3,(H,16,17,18). The third-order valence-electron chi connectivity index (χ3n) is 2.87. The first-order chi connectivity index (χ1) is 9.19. The Balaban J connectivity index is 2.28. The molecule has 1 aromatic carbocycles. The summed E-state index contributed by atoms with van der Waals surface area (Å²) in [6.45, 7) is 2.02. The monoisotopic (exact) mass is 273 g/mol. The highest BCUT2D eigenvalue weighted by Crippen LogP contribution is 2.31. The molecule has 0 radical (unpaired) electrons. The number of halogens is 1. The van der Waals surface area contributed by atoms with Crippen LogP contribution in [0.2, 0.25) is 0 Å². The maximum atomic E-state index is 13.8. The summed E-state index contributed by atoms with van der Waals surface area (Å²) in [6.07, 6.45) is 0. The van der Waals surface area contributed by atoms with Crippen molar-refractivity contribution in [3.8, 4) is 11.4 Å². The van der Waals surface area contributed by atoms with Crippen LogP contribution < -0.4 is 5.32 Å². The van der Waals surface area contributed by atoms with Crippen LogP contribution in [0.15, 0.2) is 30.3 Å². The number of anilines is 1. The lowest BCUT2D eigenvalue weighted by molar-refractivity contribution is 0.630. The van der Waals surface area contributed by atoms with Crippen molar-refractivity contribution in [2.24, 2.45) is 0 Å². The minimum Gasteiger partial charge on any atom is -0.372 e. The van der Waals surface area contributed by atoms with Crippen LogP contribution >= 0.6 is 11.3 Å². The number of thiophene rings is 1. The Hall–Kier alpha value is -2.01. The lowest BCUT2D eigenvalue weighted by Gasteiger charge is -2.06. The Labute approximate surface area is 114 Å². The SMILES string of the molecule is CNc1nc(-c2ccccc2F)nc2sc(C)cc12. The van der Waals surface area contributed by atoms with E-state index < -0.39 is 0 Å². The van der Waals surface area contributed by atoms with Gasteiger partial charge in [-0.25, -0.2) is 14.4 Å². The van der Waals surface area contributed by atoms with Crippen molar-refractivity contribution in [1.82, 2.24) is 9.97 Å². The molecule has 0 unspecified atom stereocenters. The third kappa shape index (κ3) is 2.06. The van der Waals surface area contributed by atoms with Crippen LogP contribution in [0, 0.1) is 12.7 Å². The Morgan fingerprint density at radius 1 is 1.21 bits per heavy atom. The molecule has 0 atom stereocenters. The predicted octanol–water partition coefficient (Wildman–Crippen LogP) is 3.85. The van der Waals surface area contributed by atoms with Gasteiger partial charge in [-0.15, -0.1) is 11.3 Å². The maximum absolute atomic E-state index is 13.8. The highest BCUT2D eigenvalue weighted by Gasteiger charge is 2.13. The third-order valence-corrected chi connectivity index (χ3v) is 3.81. The number of nitrogens with zero attached hydrogens (tertiary/aromatic N) is 2. The van der Waals surface area contributed by atoms with E-state index in [9.17, 15) is 4.39 Å². The molecule has 0 spiro atoms. The van der Waals surface area contributed by atoms with Crippen LogP contribution in [0.3, 0.4) is 0 Å². The number of fused-ring (bicyclic) bond motifs is 1. The first-order valence-electron chi connectivity index (χ1n) is 5.90. The van der Waals surface area contributed by atoms with Crippen molar-refractivity contribution in [3.63, 3.8) is 0 Å². The molecule has 0 aliphatic rings. The molecule has 0 fully saturated rings. The normalized spacial score (nSPS) is 10.9. The van der Waals surface area contributed by atoms with Crippen molar-refractivity contribution < 1.29 is 4.39 Å². The highest BCUT2D eigenvalue weighted by molar-refractivity contribution is 7.18. The minimum absolute atomic E-state index is 0.308. The maximum Gasteiger partial charge on any atom is 0.166 e. The zero-order chi connectivity index (χ0) is 13.4. The smallest absolute Gasteiger partial charge is 0.166 e. The fraction of sp³-hybridized carbons (Fsp3) is 0.143. The number of benzene rings is 1. The average Bonchev–Trinajstić information content (AvgIpc) is 2.78. The summed E-state index contributed by atoms with van der Waals surface area (Å²) < 4.78 is 13.8. The number of aromatic nitrogens is 2. The summed E-state index contributed by atoms with van der Waals surface area (Å²) in [5.41, 5.74) is 0.423. The zero-order valence-electron chi connectivity index (χ0n) is 10.6. The second kappa shape index (κ2) is 4.59. The van der Waals surface area contributed by atoms with Gasteiger partial charge in [-0.1, -0.05) is 12.1 Å². The number of nitrogens with one attached hydrogen (secondary N) is 1. The molecule has 2 aromatic heterocycles. The van der Waals surface area contributed by atoms with E-state index in [2.05, 4.69) is 15.3 Å². The van der Waals surface area contributed by atoms with Gasteiger partial charge in [0.15, 0.2) is 5.82 Å². The van der Waals surface area contributed by atoms with Crippen LogP contribution in [0.1, 0.15) is 4.88 Å². The van der Waals surface area contributed by atoms with E-state index in [-0.39, 0.29) is 5.82 Å². The molecule has 0 amide bonds. The van der Waals surface area contributed by atoms with Crippen LogP contribution in [0.5, 0.6) is 0 Å². The second-order valence-corrected chi connectivity index (χ2v) is 5.44. The summed E-state index contributed by atoms with van der Waals surface area (Å²) >= 11 is 1.58. The van der Waals surface area contributed by atoms with E-state index in [1.807, 2.05) is 13.0 Å². The van der Waals surface area contributed by atoms with Gasteiger partial charge < -0.3 is 5.32 Å². The molecule has 96 valence electrons. The van der Waals surface area contributed by atoms with Gasteiger partial charge in [0.05, 0.1) is 10.9 Å². The van der Waals surface area contributed by atoms with Gasteiger partial charge in [0.25, 0.3) is 0 Å². The number of aryl methyl sites for hydroxylation is 1. The molecule has 0 aliphatic heterocycles. The highest BCUT2D eigenvalue weighted by atomic mass is 32.1. The topological polar surface area (TPSA) is 37.8 Å². The zero-order valence-corrected chi connectivity index (χ0v) is 11.4. The molecule has 0 bridgehead atoms. The molecule has 0 aliphatic carbocycles. The van der Waals surface area contributed by atoms with Gasteiger partial charge >= 0.3 is 0 Å². The number of hydrogen-bond acceptors (Lipinski definition) is 4. The number of hydrogen-bond donors (Lipinski definition) is 1. The van der Waals surface area contributed by atoms with Crippen molar-refractivity contribution in [1.29, 1.82) is 0 Å². The van der Waals surface area contributed by atoms with Gasteiger partial charge in [-0.2, -0.15) is 0 Å². The van der Waals surface area contributed by atoms with Crippen molar-refractivity contribution >= 4 is 27.4 Å². The first-order valence-corrected chi connectivity index (χ1v) is 6.71. The molecule has 3 rings (SSSR count). The Morgan fingerprint density at radius 2 is 2.00 bits per heavy atom. The molecule has 0 saturated heterocycles. The summed E-state index contributed by atoms with van der Waals surface area (Å²) in [7, 11) is 1.81. The lowest BCUT2D eigenvalue weighted by Crippen LogP contribution is -1.98. The van der Waals surface area contributed by atoms with Gasteiger partial charge in [0.1, 0.15) is 16.5 Å². The number of rotatable bonds is 2. The molecule has 0 saturated carbocycles. The average molecular weight is 273 g/mol. The quantitative estimate of drug-likeness (QED) is 0.770. The van der Waals surface area contributed by atoms with E-state index in [1.165, 1.54) is 6.07 Å². The van der Waals surface area contributed by atoms with Gasteiger partial charge in [0.2, 0.25) is 0 Å². The molecule has 19 heavy (non-hydrogen) atoms. The largest absolute Gasteiger partial charge is 0.372 e. The molecule has 2 heterocycles. The molecular formula is C14H12FN3S. The van der Waals surface area contributed by atoms with E-state index in [4.69, 9.17) is 0 Å².